The predicted molar refractivity (Wildman–Crippen MR) is 116 cm³/mol. The van der Waals surface area contributed by atoms with E-state index in [2.05, 4.69) is 39.4 Å². The maximum absolute atomic E-state index is 14.4. The molecule has 1 unspecified atom stereocenters. The van der Waals surface area contributed by atoms with Crippen LogP contribution in [0.25, 0.3) is 22.6 Å². The van der Waals surface area contributed by atoms with E-state index in [-0.39, 0.29) is 11.9 Å². The molecule has 3 heterocycles. The monoisotopic (exact) mass is 419 g/mol. The maximum Gasteiger partial charge on any atom is 0.129 e. The molecule has 1 aliphatic heterocycles. The molecule has 1 aliphatic rings. The van der Waals surface area contributed by atoms with Crippen LogP contribution in [0.2, 0.25) is 5.02 Å². The highest BCUT2D eigenvalue weighted by atomic mass is 35.5. The number of hydrogen-bond acceptors (Lipinski definition) is 4. The van der Waals surface area contributed by atoms with Crippen LogP contribution in [0.5, 0.6) is 0 Å². The minimum absolute atomic E-state index is 0.185. The summed E-state index contributed by atoms with van der Waals surface area (Å²) in [7, 11) is 0. The van der Waals surface area contributed by atoms with Gasteiger partial charge >= 0.3 is 0 Å². The third-order valence-corrected chi connectivity index (χ3v) is 5.74. The van der Waals surface area contributed by atoms with Crippen LogP contribution in [0.1, 0.15) is 24.1 Å². The van der Waals surface area contributed by atoms with Crippen molar-refractivity contribution in [3.05, 3.63) is 83.0 Å². The van der Waals surface area contributed by atoms with E-state index in [4.69, 9.17) is 11.6 Å². The van der Waals surface area contributed by atoms with Crippen LogP contribution in [0.4, 0.5) is 10.1 Å². The Hall–Kier alpha value is -3.25. The van der Waals surface area contributed by atoms with Crippen molar-refractivity contribution in [3.8, 4) is 22.6 Å². The number of nitrogens with one attached hydrogen (secondary N) is 1. The van der Waals surface area contributed by atoms with Crippen LogP contribution in [-0.2, 0) is 13.0 Å². The van der Waals surface area contributed by atoms with E-state index < -0.39 is 0 Å². The van der Waals surface area contributed by atoms with Crippen molar-refractivity contribution in [2.75, 3.05) is 5.32 Å². The molecule has 0 fully saturated rings. The van der Waals surface area contributed by atoms with Crippen molar-refractivity contribution >= 4 is 17.3 Å². The average molecular weight is 420 g/mol. The number of fused-ring (bicyclic) bond motifs is 1. The highest BCUT2D eigenvalue weighted by molar-refractivity contribution is 6.31. The topological polar surface area (TPSA) is 55.6 Å². The summed E-state index contributed by atoms with van der Waals surface area (Å²) in [5.74, 6) is -0.286. The Morgan fingerprint density at radius 3 is 2.83 bits per heavy atom. The average Bonchev–Trinajstić information content (AvgIpc) is 3.38. The van der Waals surface area contributed by atoms with Gasteiger partial charge in [-0.2, -0.15) is 5.10 Å². The molecule has 5 nitrogen and oxygen atoms in total. The lowest BCUT2D eigenvalue weighted by molar-refractivity contribution is 0.596. The van der Waals surface area contributed by atoms with Crippen LogP contribution in [0, 0.1) is 5.82 Å². The third-order valence-electron chi connectivity index (χ3n) is 5.41. The van der Waals surface area contributed by atoms with Gasteiger partial charge in [-0.3, -0.25) is 14.6 Å². The van der Waals surface area contributed by atoms with Crippen molar-refractivity contribution in [3.63, 3.8) is 0 Å². The number of benzene rings is 2. The van der Waals surface area contributed by atoms with Crippen LogP contribution in [-0.4, -0.2) is 19.7 Å². The Morgan fingerprint density at radius 2 is 2.07 bits per heavy atom. The molecule has 0 bridgehead atoms. The van der Waals surface area contributed by atoms with Gasteiger partial charge in [-0.25, -0.2) is 4.39 Å². The van der Waals surface area contributed by atoms with Gasteiger partial charge in [-0.15, -0.1) is 0 Å². The molecule has 0 saturated carbocycles. The second-order valence-corrected chi connectivity index (χ2v) is 7.64. The summed E-state index contributed by atoms with van der Waals surface area (Å²) in [6, 6.07) is 12.9. The van der Waals surface area contributed by atoms with Gasteiger partial charge in [0.2, 0.25) is 0 Å². The van der Waals surface area contributed by atoms with E-state index in [9.17, 15) is 4.39 Å². The minimum Gasteiger partial charge on any atom is -0.378 e. The van der Waals surface area contributed by atoms with E-state index in [0.717, 1.165) is 40.4 Å². The zero-order valence-electron chi connectivity index (χ0n) is 16.3. The number of aromatic nitrogens is 4. The highest BCUT2D eigenvalue weighted by Gasteiger charge is 2.27. The van der Waals surface area contributed by atoms with Crippen molar-refractivity contribution < 1.29 is 4.39 Å². The second-order valence-electron chi connectivity index (χ2n) is 7.23. The Kier molecular flexibility index (Phi) is 4.71. The third kappa shape index (κ3) is 3.23. The number of aryl methyl sites for hydroxylation is 1. The molecule has 0 aliphatic carbocycles. The van der Waals surface area contributed by atoms with Gasteiger partial charge in [0.05, 0.1) is 17.9 Å². The minimum atomic E-state index is -0.286. The Balaban J connectivity index is 1.49. The first-order valence-electron chi connectivity index (χ1n) is 9.82. The summed E-state index contributed by atoms with van der Waals surface area (Å²) in [6.07, 6.45) is 5.69. The van der Waals surface area contributed by atoms with E-state index in [1.165, 1.54) is 6.07 Å². The summed E-state index contributed by atoms with van der Waals surface area (Å²) in [4.78, 5) is 8.49. The molecular formula is C23H19ClFN5. The molecule has 0 spiro atoms. The summed E-state index contributed by atoms with van der Waals surface area (Å²) in [5.41, 5.74) is 6.23. The summed E-state index contributed by atoms with van der Waals surface area (Å²) in [5, 5.41) is 8.53. The first-order valence-corrected chi connectivity index (χ1v) is 10.2. The molecule has 0 amide bonds. The molecule has 2 aromatic heterocycles. The van der Waals surface area contributed by atoms with E-state index >= 15 is 0 Å². The lowest BCUT2D eigenvalue weighted by atomic mass is 10.0. The summed E-state index contributed by atoms with van der Waals surface area (Å²) >= 11 is 6.28. The van der Waals surface area contributed by atoms with E-state index in [1.807, 2.05) is 16.8 Å². The standard InChI is InChI=1S/C23H19ClFN5/c1-2-30-22(12-19(29-30)21-13-26-8-9-27-21)14-6-7-18-15(10-14)11-20(28-18)23-16(24)4-3-5-17(23)25/h3-10,12-13,20,28H,2,11H2,1H3. The molecule has 150 valence electrons. The molecule has 30 heavy (non-hydrogen) atoms. The zero-order chi connectivity index (χ0) is 20.7. The molecule has 1 atom stereocenters. The molecule has 0 radical (unpaired) electrons. The molecule has 2 aromatic carbocycles. The predicted octanol–water partition coefficient (Wildman–Crippen LogP) is 5.53. The Bertz CT molecular complexity index is 1200. The van der Waals surface area contributed by atoms with Crippen LogP contribution < -0.4 is 5.32 Å². The number of rotatable bonds is 4. The molecule has 1 N–H and O–H groups in total. The van der Waals surface area contributed by atoms with Gasteiger partial charge in [-0.1, -0.05) is 23.7 Å². The molecule has 7 heteroatoms. The van der Waals surface area contributed by atoms with Gasteiger partial charge in [0.25, 0.3) is 0 Å². The van der Waals surface area contributed by atoms with Crippen molar-refractivity contribution in [2.24, 2.45) is 0 Å². The van der Waals surface area contributed by atoms with Crippen molar-refractivity contribution in [1.29, 1.82) is 0 Å². The van der Waals surface area contributed by atoms with Gasteiger partial charge in [-0.05, 0) is 49.2 Å². The van der Waals surface area contributed by atoms with Crippen molar-refractivity contribution in [1.82, 2.24) is 19.7 Å². The lowest BCUT2D eigenvalue weighted by Gasteiger charge is -2.14. The molecule has 4 aromatic rings. The quantitative estimate of drug-likeness (QED) is 0.472. The first-order chi connectivity index (χ1) is 14.6. The smallest absolute Gasteiger partial charge is 0.129 e. The fourth-order valence-electron chi connectivity index (χ4n) is 3.99. The lowest BCUT2D eigenvalue weighted by Crippen LogP contribution is -2.08. The van der Waals surface area contributed by atoms with Gasteiger partial charge < -0.3 is 5.32 Å². The number of nitrogens with zero attached hydrogens (tertiary/aromatic N) is 4. The first kappa shape index (κ1) is 18.8. The van der Waals surface area contributed by atoms with Crippen LogP contribution in [0.3, 0.4) is 0 Å². The fourth-order valence-corrected chi connectivity index (χ4v) is 4.28. The fraction of sp³-hybridized carbons (Fsp3) is 0.174. The zero-order valence-corrected chi connectivity index (χ0v) is 17.1. The Morgan fingerprint density at radius 1 is 1.17 bits per heavy atom. The summed E-state index contributed by atoms with van der Waals surface area (Å²) < 4.78 is 16.3. The molecule has 0 saturated heterocycles. The van der Waals surface area contributed by atoms with E-state index in [0.29, 0.717) is 17.0 Å². The number of hydrogen-bond donors (Lipinski definition) is 1. The number of halogens is 2. The van der Waals surface area contributed by atoms with Gasteiger partial charge in [0.15, 0.2) is 0 Å². The molecule has 5 rings (SSSR count). The Labute approximate surface area is 178 Å². The van der Waals surface area contributed by atoms with E-state index in [1.54, 1.807) is 30.7 Å². The second kappa shape index (κ2) is 7.54. The van der Waals surface area contributed by atoms with Crippen LogP contribution in [0.15, 0.2) is 61.1 Å². The largest absolute Gasteiger partial charge is 0.378 e. The normalized spacial score (nSPS) is 15.1. The van der Waals surface area contributed by atoms with Gasteiger partial charge in [0, 0.05) is 40.8 Å². The van der Waals surface area contributed by atoms with Crippen LogP contribution >= 0.6 is 11.6 Å². The van der Waals surface area contributed by atoms with Gasteiger partial charge in [0.1, 0.15) is 17.2 Å². The SMILES string of the molecule is CCn1nc(-c2cnccn2)cc1-c1ccc2c(c1)CC(c1c(F)cccc1Cl)N2. The van der Waals surface area contributed by atoms with Crippen molar-refractivity contribution in [2.45, 2.75) is 25.9 Å². The summed E-state index contributed by atoms with van der Waals surface area (Å²) in [6.45, 7) is 2.79. The maximum atomic E-state index is 14.4. The highest BCUT2D eigenvalue weighted by Crippen LogP contribution is 2.40. The number of anilines is 1. The molecular weight excluding hydrogens is 401 g/mol.